The number of rotatable bonds is 84. The summed E-state index contributed by atoms with van der Waals surface area (Å²) in [5.41, 5.74) is 0. The van der Waals surface area contributed by atoms with Gasteiger partial charge in [0.15, 0.2) is 12.2 Å². The van der Waals surface area contributed by atoms with Crippen molar-refractivity contribution in [3.63, 3.8) is 0 Å². The number of aliphatic hydroxyl groups excluding tert-OH is 1. The molecule has 6 atom stereocenters. The van der Waals surface area contributed by atoms with Crippen molar-refractivity contribution >= 4 is 39.5 Å². The zero-order valence-corrected chi connectivity index (χ0v) is 71.9. The summed E-state index contributed by atoms with van der Waals surface area (Å²) < 4.78 is 68.9. The van der Waals surface area contributed by atoms with E-state index >= 15 is 0 Å². The molecule has 0 aromatic rings. The molecule has 0 aromatic heterocycles. The van der Waals surface area contributed by atoms with E-state index in [0.29, 0.717) is 31.6 Å². The van der Waals surface area contributed by atoms with Crippen molar-refractivity contribution in [3.05, 3.63) is 0 Å². The standard InChI is InChI=1S/C87H170O17P2/c1-9-80(8)66-58-50-42-34-28-22-16-12-10-11-13-17-24-30-36-44-53-61-69-86(91)103-82(73-97-84(89)67-59-51-43-35-29-23-18-14-15-20-26-32-39-47-55-63-77(2)3)75-101-105(93,94)99-71-81(88)72-100-106(95,96)102-76-83(74-98-85(90)68-60-52-46-38-41-49-57-65-79(6)7)104-87(92)70-62-54-45-37-31-25-19-21-27-33-40-48-56-64-78(4)5/h77-83,88H,9-76H2,1-8H3,(H,93,94)(H,95,96)/t80?,81?,82-,83-/m1/s1. The van der Waals surface area contributed by atoms with Crippen LogP contribution in [0.4, 0.5) is 0 Å². The van der Waals surface area contributed by atoms with Crippen molar-refractivity contribution < 1.29 is 80.2 Å². The molecular weight excluding hydrogens is 1380 g/mol. The molecule has 0 saturated heterocycles. The Hall–Kier alpha value is -1.94. The third-order valence-electron chi connectivity index (χ3n) is 20.7. The van der Waals surface area contributed by atoms with Gasteiger partial charge in [-0.05, 0) is 49.4 Å². The second-order valence-electron chi connectivity index (χ2n) is 33.0. The van der Waals surface area contributed by atoms with Crippen molar-refractivity contribution in [1.29, 1.82) is 0 Å². The molecule has 19 heteroatoms. The van der Waals surface area contributed by atoms with E-state index in [1.54, 1.807) is 0 Å². The van der Waals surface area contributed by atoms with Crippen LogP contribution in [-0.4, -0.2) is 96.7 Å². The fourth-order valence-corrected chi connectivity index (χ4v) is 15.0. The minimum absolute atomic E-state index is 0.106. The Bertz CT molecular complexity index is 2060. The van der Waals surface area contributed by atoms with Gasteiger partial charge in [-0.15, -0.1) is 0 Å². The van der Waals surface area contributed by atoms with Gasteiger partial charge in [0.05, 0.1) is 26.4 Å². The Morgan fingerprint density at radius 3 is 0.670 bits per heavy atom. The number of esters is 4. The van der Waals surface area contributed by atoms with Crippen molar-refractivity contribution in [2.45, 2.75) is 472 Å². The zero-order valence-electron chi connectivity index (χ0n) is 70.1. The summed E-state index contributed by atoms with van der Waals surface area (Å²) in [6.07, 6.45) is 65.3. The molecule has 0 aliphatic carbocycles. The fraction of sp³-hybridized carbons (Fsp3) is 0.954. The fourth-order valence-electron chi connectivity index (χ4n) is 13.5. The van der Waals surface area contributed by atoms with E-state index in [0.717, 1.165) is 114 Å². The topological polar surface area (TPSA) is 237 Å². The molecule has 3 N–H and O–H groups in total. The van der Waals surface area contributed by atoms with Gasteiger partial charge in [-0.25, -0.2) is 9.13 Å². The number of carbonyl (C=O) groups excluding carboxylic acids is 4. The lowest BCUT2D eigenvalue weighted by Crippen LogP contribution is -2.30. The molecule has 4 unspecified atom stereocenters. The van der Waals surface area contributed by atoms with E-state index in [4.69, 9.17) is 37.0 Å². The molecule has 0 aromatic carbocycles. The van der Waals surface area contributed by atoms with Gasteiger partial charge in [0, 0.05) is 25.7 Å². The third-order valence-corrected chi connectivity index (χ3v) is 22.6. The van der Waals surface area contributed by atoms with E-state index in [2.05, 4.69) is 55.4 Å². The maximum absolute atomic E-state index is 13.2. The molecule has 106 heavy (non-hydrogen) atoms. The zero-order chi connectivity index (χ0) is 78.1. The first kappa shape index (κ1) is 104. The van der Waals surface area contributed by atoms with Crippen LogP contribution in [0.25, 0.3) is 0 Å². The first-order chi connectivity index (χ1) is 51.1. The Kier molecular flexibility index (Phi) is 74.3. The van der Waals surface area contributed by atoms with E-state index in [-0.39, 0.29) is 25.7 Å². The quantitative estimate of drug-likeness (QED) is 0.0222. The highest BCUT2D eigenvalue weighted by Gasteiger charge is 2.31. The first-order valence-corrected chi connectivity index (χ1v) is 47.7. The van der Waals surface area contributed by atoms with Gasteiger partial charge in [-0.3, -0.25) is 37.3 Å². The molecular formula is C87H170O17P2. The largest absolute Gasteiger partial charge is 0.472 e. The lowest BCUT2D eigenvalue weighted by molar-refractivity contribution is -0.161. The molecule has 0 aliphatic rings. The predicted molar refractivity (Wildman–Crippen MR) is 437 cm³/mol. The van der Waals surface area contributed by atoms with E-state index in [1.165, 1.54) is 250 Å². The average molecular weight is 1550 g/mol. The molecule has 0 spiro atoms. The summed E-state index contributed by atoms with van der Waals surface area (Å²) in [6, 6.07) is 0. The normalized spacial score (nSPS) is 14.2. The van der Waals surface area contributed by atoms with Crippen molar-refractivity contribution in [1.82, 2.24) is 0 Å². The van der Waals surface area contributed by atoms with Crippen LogP contribution in [0.5, 0.6) is 0 Å². The second kappa shape index (κ2) is 75.7. The Morgan fingerprint density at radius 2 is 0.453 bits per heavy atom. The Morgan fingerprint density at radius 1 is 0.264 bits per heavy atom. The van der Waals surface area contributed by atoms with Crippen LogP contribution in [-0.2, 0) is 65.4 Å². The summed E-state index contributed by atoms with van der Waals surface area (Å²) in [7, 11) is -9.93. The lowest BCUT2D eigenvalue weighted by Gasteiger charge is -2.21. The SMILES string of the molecule is CCC(C)CCCCCCCCCCCCCCCCCCCCC(=O)O[C@H](COC(=O)CCCCCCCCCCCCCCCCCC(C)C)COP(=O)(O)OCC(O)COP(=O)(O)OC[C@@H](COC(=O)CCCCCCCCCC(C)C)OC(=O)CCCCCCCCCCCCCCCC(C)C. The number of carbonyl (C=O) groups is 4. The number of hydrogen-bond acceptors (Lipinski definition) is 15. The van der Waals surface area contributed by atoms with Crippen molar-refractivity contribution in [2.75, 3.05) is 39.6 Å². The van der Waals surface area contributed by atoms with E-state index in [1.807, 2.05) is 0 Å². The van der Waals surface area contributed by atoms with Gasteiger partial charge < -0.3 is 33.8 Å². The van der Waals surface area contributed by atoms with Crippen LogP contribution in [0.3, 0.4) is 0 Å². The maximum atomic E-state index is 13.2. The summed E-state index contributed by atoms with van der Waals surface area (Å²) in [5, 5.41) is 10.7. The van der Waals surface area contributed by atoms with E-state index < -0.39 is 97.5 Å². The van der Waals surface area contributed by atoms with Crippen molar-refractivity contribution in [2.24, 2.45) is 23.7 Å². The van der Waals surface area contributed by atoms with E-state index in [9.17, 15) is 43.2 Å². The molecule has 0 bridgehead atoms. The number of phosphoric acid groups is 2. The van der Waals surface area contributed by atoms with Crippen LogP contribution < -0.4 is 0 Å². The molecule has 0 aliphatic heterocycles. The highest BCUT2D eigenvalue weighted by atomic mass is 31.2. The highest BCUT2D eigenvalue weighted by Crippen LogP contribution is 2.45. The van der Waals surface area contributed by atoms with Gasteiger partial charge in [-0.1, -0.05) is 402 Å². The molecule has 0 saturated carbocycles. The van der Waals surface area contributed by atoms with Gasteiger partial charge in [0.2, 0.25) is 0 Å². The van der Waals surface area contributed by atoms with Crippen LogP contribution in [0, 0.1) is 23.7 Å². The van der Waals surface area contributed by atoms with Crippen LogP contribution in [0.2, 0.25) is 0 Å². The molecule has 0 radical (unpaired) electrons. The maximum Gasteiger partial charge on any atom is 0.472 e. The minimum Gasteiger partial charge on any atom is -0.462 e. The monoisotopic (exact) mass is 1550 g/mol. The predicted octanol–water partition coefficient (Wildman–Crippen LogP) is 26.3. The number of unbranched alkanes of at least 4 members (excludes halogenated alkanes) is 49. The van der Waals surface area contributed by atoms with Crippen molar-refractivity contribution in [3.8, 4) is 0 Å². The minimum atomic E-state index is -4.97. The Balaban J connectivity index is 5.23. The van der Waals surface area contributed by atoms with Gasteiger partial charge >= 0.3 is 39.5 Å². The molecule has 0 heterocycles. The van der Waals surface area contributed by atoms with Gasteiger partial charge in [0.1, 0.15) is 19.3 Å². The number of aliphatic hydroxyl groups is 1. The van der Waals surface area contributed by atoms with Gasteiger partial charge in [-0.2, -0.15) is 0 Å². The highest BCUT2D eigenvalue weighted by molar-refractivity contribution is 7.47. The summed E-state index contributed by atoms with van der Waals surface area (Å²) in [5.74, 6) is 1.06. The molecule has 17 nitrogen and oxygen atoms in total. The van der Waals surface area contributed by atoms with Crippen LogP contribution >= 0.6 is 15.6 Å². The molecule has 0 rings (SSSR count). The van der Waals surface area contributed by atoms with Gasteiger partial charge in [0.25, 0.3) is 0 Å². The van der Waals surface area contributed by atoms with Crippen LogP contribution in [0.1, 0.15) is 453 Å². The average Bonchev–Trinajstić information content (AvgIpc) is 0.900. The molecule has 0 amide bonds. The molecule has 0 fully saturated rings. The lowest BCUT2D eigenvalue weighted by atomic mass is 9.99. The Labute approximate surface area is 651 Å². The molecule has 630 valence electrons. The summed E-state index contributed by atoms with van der Waals surface area (Å²) >= 11 is 0. The number of phosphoric ester groups is 2. The second-order valence-corrected chi connectivity index (χ2v) is 35.9. The number of hydrogen-bond donors (Lipinski definition) is 3. The summed E-state index contributed by atoms with van der Waals surface area (Å²) in [4.78, 5) is 73.2. The first-order valence-electron chi connectivity index (χ1n) is 44.7. The summed E-state index contributed by atoms with van der Waals surface area (Å²) in [6.45, 7) is 14.3. The van der Waals surface area contributed by atoms with Crippen LogP contribution in [0.15, 0.2) is 0 Å². The third kappa shape index (κ3) is 78.7. The smallest absolute Gasteiger partial charge is 0.462 e. The number of ether oxygens (including phenoxy) is 4.